The fourth-order valence-corrected chi connectivity index (χ4v) is 6.80. The Morgan fingerprint density at radius 1 is 1.07 bits per heavy atom. The Morgan fingerprint density at radius 2 is 1.85 bits per heavy atom. The molecule has 0 fully saturated rings. The molecule has 1 amide bonds. The lowest BCUT2D eigenvalue weighted by molar-refractivity contribution is -0.138. The van der Waals surface area contributed by atoms with E-state index in [1.807, 2.05) is 84.4 Å². The summed E-state index contributed by atoms with van der Waals surface area (Å²) in [6, 6.07) is 20.2. The fraction of sp³-hybridized carbons (Fsp3) is 0.133. The second kappa shape index (κ2) is 10.6. The predicted molar refractivity (Wildman–Crippen MR) is 157 cm³/mol. The van der Waals surface area contributed by atoms with E-state index in [-0.39, 0.29) is 18.7 Å². The molecule has 3 aromatic heterocycles. The molecule has 1 aliphatic heterocycles. The van der Waals surface area contributed by atoms with E-state index in [2.05, 4.69) is 0 Å². The van der Waals surface area contributed by atoms with E-state index in [0.717, 1.165) is 26.9 Å². The largest absolute Gasteiger partial charge is 0.463 e. The molecule has 5 aromatic rings. The van der Waals surface area contributed by atoms with E-state index < -0.39 is 17.9 Å². The molecule has 8 nitrogen and oxygen atoms in total. The zero-order valence-electron chi connectivity index (χ0n) is 21.4. The lowest BCUT2D eigenvalue weighted by Gasteiger charge is -2.24. The molecule has 10 heteroatoms. The minimum Gasteiger partial charge on any atom is -0.463 e. The molecule has 2 N–H and O–H groups in total. The van der Waals surface area contributed by atoms with Crippen LogP contribution in [-0.4, -0.2) is 27.6 Å². The molecular weight excluding hydrogens is 544 g/mol. The second-order valence-corrected chi connectivity index (χ2v) is 11.1. The van der Waals surface area contributed by atoms with Gasteiger partial charge in [-0.15, -0.1) is 11.3 Å². The first kappa shape index (κ1) is 25.7. The van der Waals surface area contributed by atoms with Gasteiger partial charge < -0.3 is 15.0 Å². The molecule has 2 aromatic carbocycles. The molecule has 1 atom stereocenters. The van der Waals surface area contributed by atoms with E-state index in [9.17, 15) is 14.4 Å². The number of amides is 1. The lowest BCUT2D eigenvalue weighted by atomic mass is 9.97. The number of fused-ring (bicyclic) bond motifs is 2. The number of primary amides is 1. The summed E-state index contributed by atoms with van der Waals surface area (Å²) in [5.41, 5.74) is 8.41. The molecule has 0 bridgehead atoms. The highest BCUT2D eigenvalue weighted by Gasteiger charge is 2.35. The van der Waals surface area contributed by atoms with Crippen LogP contribution in [0.25, 0.3) is 22.7 Å². The van der Waals surface area contributed by atoms with Crippen molar-refractivity contribution < 1.29 is 14.3 Å². The van der Waals surface area contributed by atoms with Crippen LogP contribution in [0, 0.1) is 0 Å². The van der Waals surface area contributed by atoms with Gasteiger partial charge in [0, 0.05) is 33.1 Å². The minimum absolute atomic E-state index is 0.0251. The molecule has 40 heavy (non-hydrogen) atoms. The van der Waals surface area contributed by atoms with Gasteiger partial charge in [-0.3, -0.25) is 14.2 Å². The van der Waals surface area contributed by atoms with Gasteiger partial charge in [0.25, 0.3) is 5.56 Å². The summed E-state index contributed by atoms with van der Waals surface area (Å²) in [4.78, 5) is 45.4. The molecule has 200 valence electrons. The van der Waals surface area contributed by atoms with Crippen LogP contribution in [0.5, 0.6) is 0 Å². The highest BCUT2D eigenvalue weighted by molar-refractivity contribution is 7.10. The lowest BCUT2D eigenvalue weighted by Crippen LogP contribution is -2.39. The normalized spacial score (nSPS) is 15.2. The number of carbonyl (C=O) groups excluding carboxylic acids is 2. The van der Waals surface area contributed by atoms with Gasteiger partial charge in [-0.25, -0.2) is 9.79 Å². The molecule has 1 aliphatic rings. The maximum Gasteiger partial charge on any atom is 0.338 e. The van der Waals surface area contributed by atoms with E-state index in [1.54, 1.807) is 16.1 Å². The number of benzene rings is 2. The van der Waals surface area contributed by atoms with Crippen molar-refractivity contribution in [1.82, 2.24) is 9.13 Å². The second-order valence-electron chi connectivity index (χ2n) is 9.14. The van der Waals surface area contributed by atoms with Crippen molar-refractivity contribution >= 4 is 57.2 Å². The topological polar surface area (TPSA) is 109 Å². The van der Waals surface area contributed by atoms with E-state index in [0.29, 0.717) is 20.6 Å². The third-order valence-electron chi connectivity index (χ3n) is 6.62. The number of hydrogen-bond acceptors (Lipinski definition) is 7. The zero-order chi connectivity index (χ0) is 27.8. The Morgan fingerprint density at radius 3 is 2.58 bits per heavy atom. The number of aromatic nitrogens is 2. The molecule has 6 rings (SSSR count). The third kappa shape index (κ3) is 4.51. The fourth-order valence-electron chi connectivity index (χ4n) is 4.99. The van der Waals surface area contributed by atoms with E-state index in [4.69, 9.17) is 15.5 Å². The maximum atomic E-state index is 14.0. The van der Waals surface area contributed by atoms with Crippen LogP contribution in [-0.2, 0) is 20.9 Å². The average Bonchev–Trinajstić information content (AvgIpc) is 3.68. The monoisotopic (exact) mass is 568 g/mol. The van der Waals surface area contributed by atoms with Crippen LogP contribution in [0.1, 0.15) is 29.0 Å². The van der Waals surface area contributed by atoms with Gasteiger partial charge in [-0.05, 0) is 30.5 Å². The number of ether oxygens (including phenoxy) is 1. The number of carbonyl (C=O) groups is 2. The van der Waals surface area contributed by atoms with Gasteiger partial charge in [0.2, 0.25) is 5.91 Å². The highest BCUT2D eigenvalue weighted by atomic mass is 32.1. The van der Waals surface area contributed by atoms with Crippen molar-refractivity contribution in [2.75, 3.05) is 6.61 Å². The van der Waals surface area contributed by atoms with Crippen LogP contribution in [0.2, 0.25) is 0 Å². The van der Waals surface area contributed by atoms with Crippen LogP contribution in [0.15, 0.2) is 93.7 Å². The molecule has 0 spiro atoms. The van der Waals surface area contributed by atoms with Crippen LogP contribution < -0.4 is 20.6 Å². The summed E-state index contributed by atoms with van der Waals surface area (Å²) in [7, 11) is 0. The standard InChI is InChI=1S/C30H24N4O4S2/c1-2-38-29(37)25-26(18-9-4-3-5-10-18)32-30-34(27(25)22-13-8-14-39-22)28(36)23(40-30)15-19-16-33(17-24(31)35)21-12-7-6-11-20(19)21/h3-16,27H,2,17H2,1H3,(H2,31,35). The van der Waals surface area contributed by atoms with Crippen LogP contribution in [0.4, 0.5) is 0 Å². The Bertz CT molecular complexity index is 1970. The first-order valence-corrected chi connectivity index (χ1v) is 14.3. The minimum atomic E-state index is -0.691. The number of thiazole rings is 1. The van der Waals surface area contributed by atoms with E-state index in [1.165, 1.54) is 22.7 Å². The summed E-state index contributed by atoms with van der Waals surface area (Å²) in [6.45, 7) is 1.98. The molecule has 0 aliphatic carbocycles. The summed E-state index contributed by atoms with van der Waals surface area (Å²) in [5.74, 6) is -0.963. The quantitative estimate of drug-likeness (QED) is 0.304. The molecule has 0 saturated heterocycles. The Kier molecular flexibility index (Phi) is 6.79. The molecule has 4 heterocycles. The maximum absolute atomic E-state index is 14.0. The summed E-state index contributed by atoms with van der Waals surface area (Å²) >= 11 is 2.73. The van der Waals surface area contributed by atoms with Gasteiger partial charge in [0.05, 0.1) is 22.4 Å². The molecule has 0 radical (unpaired) electrons. The van der Waals surface area contributed by atoms with E-state index >= 15 is 0 Å². The van der Waals surface area contributed by atoms with Crippen molar-refractivity contribution in [1.29, 1.82) is 0 Å². The van der Waals surface area contributed by atoms with Gasteiger partial charge in [-0.1, -0.05) is 65.9 Å². The third-order valence-corrected chi connectivity index (χ3v) is 8.53. The number of thiophene rings is 1. The van der Waals surface area contributed by atoms with Crippen LogP contribution in [0.3, 0.4) is 0 Å². The molecular formula is C30H24N4O4S2. The Hall–Kier alpha value is -4.54. The predicted octanol–water partition coefficient (Wildman–Crippen LogP) is 3.44. The summed E-state index contributed by atoms with van der Waals surface area (Å²) < 4.78 is 9.31. The van der Waals surface area contributed by atoms with Gasteiger partial charge in [-0.2, -0.15) is 0 Å². The van der Waals surface area contributed by atoms with Gasteiger partial charge in [0.1, 0.15) is 12.6 Å². The van der Waals surface area contributed by atoms with Gasteiger partial charge >= 0.3 is 5.97 Å². The van der Waals surface area contributed by atoms with Crippen molar-refractivity contribution in [2.24, 2.45) is 10.7 Å². The van der Waals surface area contributed by atoms with Crippen molar-refractivity contribution in [3.8, 4) is 0 Å². The van der Waals surface area contributed by atoms with Crippen LogP contribution >= 0.6 is 22.7 Å². The molecule has 0 saturated carbocycles. The van der Waals surface area contributed by atoms with Crippen molar-refractivity contribution in [3.63, 3.8) is 0 Å². The molecule has 1 unspecified atom stereocenters. The first-order chi connectivity index (χ1) is 19.5. The number of para-hydroxylation sites is 1. The highest BCUT2D eigenvalue weighted by Crippen LogP contribution is 2.36. The SMILES string of the molecule is CCOC(=O)C1=C(c2ccccc2)N=c2sc(=Cc3cn(CC(N)=O)c4ccccc34)c(=O)n2C1c1cccs1. The summed E-state index contributed by atoms with van der Waals surface area (Å²) in [6.07, 6.45) is 3.63. The number of rotatable bonds is 7. The van der Waals surface area contributed by atoms with Crippen molar-refractivity contribution in [2.45, 2.75) is 19.5 Å². The van der Waals surface area contributed by atoms with Crippen molar-refractivity contribution in [3.05, 3.63) is 120 Å². The summed E-state index contributed by atoms with van der Waals surface area (Å²) in [5, 5.41) is 2.81. The number of hydrogen-bond donors (Lipinski definition) is 1. The smallest absolute Gasteiger partial charge is 0.338 e. The average molecular weight is 569 g/mol. The zero-order valence-corrected chi connectivity index (χ0v) is 23.1. The number of esters is 1. The number of nitrogens with two attached hydrogens (primary N) is 1. The first-order valence-electron chi connectivity index (χ1n) is 12.6. The van der Waals surface area contributed by atoms with Gasteiger partial charge in [0.15, 0.2) is 4.80 Å². The Balaban J connectivity index is 1.62. The Labute approximate surface area is 236 Å². The number of nitrogens with zero attached hydrogens (tertiary/aromatic N) is 3.